The second kappa shape index (κ2) is 9.39. The van der Waals surface area contributed by atoms with Crippen LogP contribution in [0.2, 0.25) is 10.0 Å². The molecule has 0 aromatic heterocycles. The number of anilines is 1. The van der Waals surface area contributed by atoms with Crippen LogP contribution in [-0.4, -0.2) is 35.4 Å². The Balaban J connectivity index is 2.22. The van der Waals surface area contributed by atoms with Gasteiger partial charge in [-0.1, -0.05) is 35.3 Å². The van der Waals surface area contributed by atoms with E-state index in [0.29, 0.717) is 5.02 Å². The lowest BCUT2D eigenvalue weighted by Gasteiger charge is -2.28. The Labute approximate surface area is 190 Å². The minimum absolute atomic E-state index is 0.0996. The molecule has 3 N–H and O–H groups in total. The highest BCUT2D eigenvalue weighted by atomic mass is 35.5. The molecule has 0 heterocycles. The van der Waals surface area contributed by atoms with Crippen molar-refractivity contribution in [3.63, 3.8) is 0 Å². The molecule has 0 radical (unpaired) electrons. The van der Waals surface area contributed by atoms with Crippen LogP contribution in [0.3, 0.4) is 0 Å². The molecule has 2 rings (SSSR count). The van der Waals surface area contributed by atoms with E-state index in [9.17, 15) is 27.9 Å². The fraction of sp³-hybridized carbons (Fsp3) is 0.211. The topological polar surface area (TPSA) is 87.7 Å². The Bertz CT molecular complexity index is 1050. The molecule has 0 saturated heterocycles. The molecule has 0 saturated carbocycles. The summed E-state index contributed by atoms with van der Waals surface area (Å²) in [6.07, 6.45) is -5.32. The van der Waals surface area contributed by atoms with Crippen LogP contribution < -0.4 is 10.6 Å². The first-order chi connectivity index (χ1) is 14.3. The van der Waals surface area contributed by atoms with Gasteiger partial charge < -0.3 is 15.2 Å². The maximum atomic E-state index is 13.4. The van der Waals surface area contributed by atoms with Gasteiger partial charge in [0.25, 0.3) is 11.5 Å². The summed E-state index contributed by atoms with van der Waals surface area (Å²) in [7, 11) is 0.732. The van der Waals surface area contributed by atoms with Crippen molar-refractivity contribution < 1.29 is 32.6 Å². The standard InChI is InChI=1S/C19H15Cl2F3N2O4S/c1-9-7-10(18(29,16(28)30-2)19(22,23)24)3-6-14(9)25-17(31)26-15(27)12-5-4-11(20)8-13(12)21/h3-8,29H,1-2H3,(H2,25,26,27,31)/t18-/m0/s1. The number of thiocarbonyl (C=S) groups is 1. The van der Waals surface area contributed by atoms with Crippen LogP contribution in [0.15, 0.2) is 36.4 Å². The molecule has 2 aromatic rings. The molecule has 0 aliphatic heterocycles. The summed E-state index contributed by atoms with van der Waals surface area (Å²) in [5.41, 5.74) is -4.05. The van der Waals surface area contributed by atoms with Crippen molar-refractivity contribution in [1.82, 2.24) is 5.32 Å². The van der Waals surface area contributed by atoms with E-state index in [-0.39, 0.29) is 26.9 Å². The van der Waals surface area contributed by atoms with Gasteiger partial charge in [-0.2, -0.15) is 13.2 Å². The third-order valence-corrected chi connectivity index (χ3v) is 4.94. The Kier molecular flexibility index (Phi) is 7.53. The molecule has 0 aliphatic rings. The lowest BCUT2D eigenvalue weighted by molar-refractivity contribution is -0.266. The first-order valence-electron chi connectivity index (χ1n) is 8.37. The zero-order valence-corrected chi connectivity index (χ0v) is 18.3. The molecule has 12 heteroatoms. The average molecular weight is 495 g/mol. The minimum atomic E-state index is -5.32. The Morgan fingerprint density at radius 3 is 2.29 bits per heavy atom. The van der Waals surface area contributed by atoms with Crippen LogP contribution in [0.5, 0.6) is 0 Å². The normalized spacial score (nSPS) is 13.2. The highest BCUT2D eigenvalue weighted by Crippen LogP contribution is 2.40. The van der Waals surface area contributed by atoms with Gasteiger partial charge in [-0.25, -0.2) is 4.79 Å². The molecule has 0 aliphatic carbocycles. The Morgan fingerprint density at radius 2 is 1.77 bits per heavy atom. The van der Waals surface area contributed by atoms with Crippen molar-refractivity contribution in [1.29, 1.82) is 0 Å². The van der Waals surface area contributed by atoms with Crippen molar-refractivity contribution in [3.8, 4) is 0 Å². The number of amides is 1. The number of aliphatic hydroxyl groups is 1. The summed E-state index contributed by atoms with van der Waals surface area (Å²) in [6.45, 7) is 1.42. The van der Waals surface area contributed by atoms with Gasteiger partial charge in [0.1, 0.15) is 0 Å². The van der Waals surface area contributed by atoms with E-state index < -0.39 is 29.2 Å². The number of halogens is 5. The maximum Gasteiger partial charge on any atom is 0.432 e. The second-order valence-corrected chi connectivity index (χ2v) is 7.51. The molecule has 0 unspecified atom stereocenters. The molecule has 1 atom stereocenters. The molecule has 166 valence electrons. The maximum absolute atomic E-state index is 13.4. The number of carbonyl (C=O) groups is 2. The first kappa shape index (κ1) is 24.9. The van der Waals surface area contributed by atoms with Gasteiger partial charge >= 0.3 is 12.1 Å². The van der Waals surface area contributed by atoms with E-state index in [0.717, 1.165) is 25.3 Å². The third-order valence-electron chi connectivity index (χ3n) is 4.19. The van der Waals surface area contributed by atoms with Gasteiger partial charge in [0.15, 0.2) is 5.11 Å². The van der Waals surface area contributed by atoms with Crippen LogP contribution in [0.4, 0.5) is 18.9 Å². The number of methoxy groups -OCH3 is 1. The molecular weight excluding hydrogens is 480 g/mol. The number of hydrogen-bond donors (Lipinski definition) is 3. The predicted octanol–water partition coefficient (Wildman–Crippen LogP) is 4.35. The van der Waals surface area contributed by atoms with Crippen molar-refractivity contribution in [2.45, 2.75) is 18.7 Å². The van der Waals surface area contributed by atoms with Crippen LogP contribution in [0, 0.1) is 6.92 Å². The van der Waals surface area contributed by atoms with Gasteiger partial charge in [-0.3, -0.25) is 10.1 Å². The van der Waals surface area contributed by atoms with Crippen molar-refractivity contribution in [2.75, 3.05) is 12.4 Å². The first-order valence-corrected chi connectivity index (χ1v) is 9.53. The smallest absolute Gasteiger partial charge is 0.432 e. The quantitative estimate of drug-likeness (QED) is 0.432. The number of alkyl halides is 3. The number of aryl methyl sites for hydroxylation is 1. The number of esters is 1. The zero-order valence-electron chi connectivity index (χ0n) is 15.9. The molecular formula is C19H15Cl2F3N2O4S. The van der Waals surface area contributed by atoms with E-state index in [1.54, 1.807) is 0 Å². The summed E-state index contributed by atoms with van der Waals surface area (Å²) >= 11 is 16.8. The van der Waals surface area contributed by atoms with Gasteiger partial charge in [-0.15, -0.1) is 0 Å². The minimum Gasteiger partial charge on any atom is -0.466 e. The van der Waals surface area contributed by atoms with Crippen LogP contribution in [0.25, 0.3) is 0 Å². The summed E-state index contributed by atoms with van der Waals surface area (Å²) in [5, 5.41) is 15.4. The van der Waals surface area contributed by atoms with E-state index >= 15 is 0 Å². The lowest BCUT2D eigenvalue weighted by Crippen LogP contribution is -2.49. The Hall–Kier alpha value is -2.40. The highest BCUT2D eigenvalue weighted by Gasteiger charge is 2.62. The number of benzene rings is 2. The summed E-state index contributed by atoms with van der Waals surface area (Å²) in [4.78, 5) is 24.0. The van der Waals surface area contributed by atoms with Gasteiger partial charge in [0.2, 0.25) is 0 Å². The lowest BCUT2D eigenvalue weighted by atomic mass is 9.91. The Morgan fingerprint density at radius 1 is 1.13 bits per heavy atom. The summed E-state index contributed by atoms with van der Waals surface area (Å²) < 4.78 is 44.3. The van der Waals surface area contributed by atoms with E-state index in [4.69, 9.17) is 35.4 Å². The molecule has 0 spiro atoms. The van der Waals surface area contributed by atoms with Crippen molar-refractivity contribution in [2.24, 2.45) is 0 Å². The van der Waals surface area contributed by atoms with Gasteiger partial charge in [0, 0.05) is 16.3 Å². The fourth-order valence-corrected chi connectivity index (χ4v) is 3.27. The second-order valence-electron chi connectivity index (χ2n) is 6.26. The average Bonchev–Trinajstić information content (AvgIpc) is 2.67. The third kappa shape index (κ3) is 5.27. The number of ether oxygens (including phenoxy) is 1. The number of nitrogens with one attached hydrogen (secondary N) is 2. The van der Waals surface area contributed by atoms with E-state index in [2.05, 4.69) is 15.4 Å². The summed E-state index contributed by atoms with van der Waals surface area (Å²) in [6, 6.07) is 7.24. The highest BCUT2D eigenvalue weighted by molar-refractivity contribution is 7.80. The monoisotopic (exact) mass is 494 g/mol. The van der Waals surface area contributed by atoms with Gasteiger partial charge in [-0.05, 0) is 49.0 Å². The number of carbonyl (C=O) groups excluding carboxylic acids is 2. The predicted molar refractivity (Wildman–Crippen MR) is 113 cm³/mol. The fourth-order valence-electron chi connectivity index (χ4n) is 2.57. The summed E-state index contributed by atoms with van der Waals surface area (Å²) in [5.74, 6) is -2.51. The largest absolute Gasteiger partial charge is 0.466 e. The molecule has 6 nitrogen and oxygen atoms in total. The van der Waals surface area contributed by atoms with Crippen LogP contribution in [0.1, 0.15) is 21.5 Å². The SMILES string of the molecule is COC(=O)[C@@](O)(c1ccc(NC(=S)NC(=O)c2ccc(Cl)cc2Cl)c(C)c1)C(F)(F)F. The van der Waals surface area contributed by atoms with E-state index in [1.807, 2.05) is 0 Å². The number of hydrogen-bond acceptors (Lipinski definition) is 5. The molecule has 0 bridgehead atoms. The molecule has 2 aromatic carbocycles. The number of rotatable bonds is 4. The van der Waals surface area contributed by atoms with E-state index in [1.165, 1.54) is 25.1 Å². The molecule has 0 fully saturated rings. The zero-order chi connectivity index (χ0) is 23.6. The van der Waals surface area contributed by atoms with Crippen LogP contribution in [-0.2, 0) is 15.1 Å². The van der Waals surface area contributed by atoms with Crippen molar-refractivity contribution >= 4 is 58.1 Å². The molecule has 31 heavy (non-hydrogen) atoms. The van der Waals surface area contributed by atoms with Crippen molar-refractivity contribution in [3.05, 3.63) is 63.1 Å². The van der Waals surface area contributed by atoms with Gasteiger partial charge in [0.05, 0.1) is 17.7 Å². The molecule has 1 amide bonds. The van der Waals surface area contributed by atoms with Crippen LogP contribution >= 0.6 is 35.4 Å².